The molecule has 0 spiro atoms. The summed E-state index contributed by atoms with van der Waals surface area (Å²) < 4.78 is 13.0. The number of amides is 1. The van der Waals surface area contributed by atoms with Crippen LogP contribution in [-0.2, 0) is 11.2 Å². The number of imidazole rings is 1. The van der Waals surface area contributed by atoms with Gasteiger partial charge in [-0.1, -0.05) is 12.1 Å². The first-order valence-corrected chi connectivity index (χ1v) is 4.73. The van der Waals surface area contributed by atoms with Gasteiger partial charge >= 0.3 is 0 Å². The molecule has 16 heavy (non-hydrogen) atoms. The summed E-state index contributed by atoms with van der Waals surface area (Å²) in [6.45, 7) is 0. The van der Waals surface area contributed by atoms with Gasteiger partial charge in [0.1, 0.15) is 11.6 Å². The number of aromatic amines is 1. The number of nitrogens with zero attached hydrogens (tertiary/aromatic N) is 1. The molecule has 0 saturated carbocycles. The first kappa shape index (κ1) is 10.4. The van der Waals surface area contributed by atoms with Crippen LogP contribution < -0.4 is 5.73 Å². The van der Waals surface area contributed by atoms with Crippen LogP contribution in [0.1, 0.15) is 5.82 Å². The van der Waals surface area contributed by atoms with Crippen LogP contribution in [-0.4, -0.2) is 15.9 Å². The van der Waals surface area contributed by atoms with Crippen molar-refractivity contribution in [1.29, 1.82) is 0 Å². The van der Waals surface area contributed by atoms with Crippen LogP contribution in [0.2, 0.25) is 0 Å². The van der Waals surface area contributed by atoms with Crippen molar-refractivity contribution in [3.8, 4) is 11.3 Å². The quantitative estimate of drug-likeness (QED) is 0.815. The molecule has 0 fully saturated rings. The highest BCUT2D eigenvalue weighted by atomic mass is 19.1. The summed E-state index contributed by atoms with van der Waals surface area (Å²) in [6, 6.07) is 6.12. The number of carbonyl (C=O) groups is 1. The van der Waals surface area contributed by atoms with Crippen LogP contribution in [0.4, 0.5) is 4.39 Å². The lowest BCUT2D eigenvalue weighted by Crippen LogP contribution is -2.14. The maximum absolute atomic E-state index is 13.0. The second kappa shape index (κ2) is 4.14. The molecule has 0 radical (unpaired) electrons. The van der Waals surface area contributed by atoms with Crippen molar-refractivity contribution in [2.24, 2.45) is 5.73 Å². The predicted molar refractivity (Wildman–Crippen MR) is 56.9 cm³/mol. The smallest absolute Gasteiger partial charge is 0.225 e. The molecule has 0 aliphatic heterocycles. The molecule has 0 aliphatic rings. The Kier molecular flexibility index (Phi) is 2.68. The van der Waals surface area contributed by atoms with Crippen LogP contribution in [0, 0.1) is 5.82 Å². The molecule has 1 aromatic heterocycles. The van der Waals surface area contributed by atoms with Gasteiger partial charge in [0.2, 0.25) is 5.91 Å². The maximum Gasteiger partial charge on any atom is 0.225 e. The number of rotatable bonds is 3. The third-order valence-electron chi connectivity index (χ3n) is 2.11. The summed E-state index contributed by atoms with van der Waals surface area (Å²) in [7, 11) is 0. The molecule has 0 aliphatic carbocycles. The first-order valence-electron chi connectivity index (χ1n) is 4.73. The summed E-state index contributed by atoms with van der Waals surface area (Å²) in [5.41, 5.74) is 6.38. The highest BCUT2D eigenvalue weighted by Gasteiger charge is 2.05. The van der Waals surface area contributed by atoms with Gasteiger partial charge < -0.3 is 10.7 Å². The van der Waals surface area contributed by atoms with Gasteiger partial charge in [-0.2, -0.15) is 0 Å². The van der Waals surface area contributed by atoms with Crippen molar-refractivity contribution < 1.29 is 9.18 Å². The Morgan fingerprint density at radius 3 is 3.00 bits per heavy atom. The molecule has 2 aromatic rings. The van der Waals surface area contributed by atoms with E-state index >= 15 is 0 Å². The van der Waals surface area contributed by atoms with Crippen LogP contribution >= 0.6 is 0 Å². The lowest BCUT2D eigenvalue weighted by atomic mass is 10.2. The van der Waals surface area contributed by atoms with E-state index in [9.17, 15) is 9.18 Å². The summed E-state index contributed by atoms with van der Waals surface area (Å²) in [5, 5.41) is 0. The molecular formula is C11H10FN3O. The van der Waals surface area contributed by atoms with E-state index in [-0.39, 0.29) is 12.2 Å². The number of halogens is 1. The minimum atomic E-state index is -0.458. The van der Waals surface area contributed by atoms with E-state index in [1.54, 1.807) is 18.3 Å². The number of benzene rings is 1. The van der Waals surface area contributed by atoms with E-state index in [2.05, 4.69) is 9.97 Å². The lowest BCUT2D eigenvalue weighted by molar-refractivity contribution is -0.117. The number of H-pyrrole nitrogens is 1. The highest BCUT2D eigenvalue weighted by molar-refractivity contribution is 5.76. The summed E-state index contributed by atoms with van der Waals surface area (Å²) >= 11 is 0. The van der Waals surface area contributed by atoms with Crippen molar-refractivity contribution in [3.05, 3.63) is 42.1 Å². The molecule has 0 saturated heterocycles. The van der Waals surface area contributed by atoms with Crippen LogP contribution in [0.5, 0.6) is 0 Å². The number of carbonyl (C=O) groups excluding carboxylic acids is 1. The Morgan fingerprint density at radius 2 is 2.31 bits per heavy atom. The van der Waals surface area contributed by atoms with E-state index in [1.807, 2.05) is 0 Å². The minimum Gasteiger partial charge on any atom is -0.369 e. The van der Waals surface area contributed by atoms with Gasteiger partial charge in [-0.15, -0.1) is 0 Å². The van der Waals surface area contributed by atoms with Gasteiger partial charge in [0.05, 0.1) is 18.3 Å². The Bertz CT molecular complexity index is 521. The summed E-state index contributed by atoms with van der Waals surface area (Å²) in [6.07, 6.45) is 1.60. The van der Waals surface area contributed by atoms with Gasteiger partial charge in [-0.3, -0.25) is 4.79 Å². The third-order valence-corrected chi connectivity index (χ3v) is 2.11. The molecule has 1 heterocycles. The molecule has 0 atom stereocenters. The number of primary amides is 1. The number of nitrogens with one attached hydrogen (secondary N) is 1. The highest BCUT2D eigenvalue weighted by Crippen LogP contribution is 2.17. The third kappa shape index (κ3) is 2.25. The fourth-order valence-corrected chi connectivity index (χ4v) is 1.42. The SMILES string of the molecule is NC(=O)Cc1ncc(-c2cccc(F)c2)[nH]1. The lowest BCUT2D eigenvalue weighted by Gasteiger charge is -1.96. The van der Waals surface area contributed by atoms with Gasteiger partial charge in [0, 0.05) is 5.56 Å². The van der Waals surface area contributed by atoms with Gasteiger partial charge in [0.25, 0.3) is 0 Å². The van der Waals surface area contributed by atoms with Crippen LogP contribution in [0.3, 0.4) is 0 Å². The van der Waals surface area contributed by atoms with Gasteiger partial charge in [0.15, 0.2) is 0 Å². The first-order chi connectivity index (χ1) is 7.65. The van der Waals surface area contributed by atoms with E-state index in [4.69, 9.17) is 5.73 Å². The van der Waals surface area contributed by atoms with E-state index in [0.717, 1.165) is 0 Å². The van der Waals surface area contributed by atoms with Crippen molar-refractivity contribution in [2.75, 3.05) is 0 Å². The Balaban J connectivity index is 2.28. The molecule has 3 N–H and O–H groups in total. The van der Waals surface area contributed by atoms with Crippen molar-refractivity contribution in [3.63, 3.8) is 0 Å². The zero-order valence-electron chi connectivity index (χ0n) is 8.40. The molecular weight excluding hydrogens is 209 g/mol. The minimum absolute atomic E-state index is 0.0509. The molecule has 1 aromatic carbocycles. The van der Waals surface area contributed by atoms with E-state index < -0.39 is 5.91 Å². The Labute approximate surface area is 91.3 Å². The summed E-state index contributed by atoms with van der Waals surface area (Å²) in [4.78, 5) is 17.6. The van der Waals surface area contributed by atoms with Gasteiger partial charge in [-0.05, 0) is 12.1 Å². The molecule has 82 valence electrons. The predicted octanol–water partition coefficient (Wildman–Crippen LogP) is 1.24. The van der Waals surface area contributed by atoms with E-state index in [1.165, 1.54) is 12.1 Å². The average molecular weight is 219 g/mol. The van der Waals surface area contributed by atoms with Crippen LogP contribution in [0.25, 0.3) is 11.3 Å². The number of nitrogens with two attached hydrogens (primary N) is 1. The van der Waals surface area contributed by atoms with Crippen molar-refractivity contribution >= 4 is 5.91 Å². The molecule has 1 amide bonds. The molecule has 0 unspecified atom stereocenters. The van der Waals surface area contributed by atoms with Gasteiger partial charge in [-0.25, -0.2) is 9.37 Å². The van der Waals surface area contributed by atoms with E-state index in [0.29, 0.717) is 17.1 Å². The summed E-state index contributed by atoms with van der Waals surface area (Å²) in [5.74, 6) is -0.296. The fraction of sp³-hybridized carbons (Fsp3) is 0.0909. The maximum atomic E-state index is 13.0. The number of aromatic nitrogens is 2. The Hall–Kier alpha value is -2.17. The molecule has 4 nitrogen and oxygen atoms in total. The topological polar surface area (TPSA) is 71.8 Å². The number of hydrogen-bond donors (Lipinski definition) is 2. The molecule has 0 bridgehead atoms. The second-order valence-corrected chi connectivity index (χ2v) is 3.40. The van der Waals surface area contributed by atoms with Crippen LogP contribution in [0.15, 0.2) is 30.5 Å². The number of hydrogen-bond acceptors (Lipinski definition) is 2. The normalized spacial score (nSPS) is 10.3. The van der Waals surface area contributed by atoms with Crippen molar-refractivity contribution in [2.45, 2.75) is 6.42 Å². The molecule has 5 heteroatoms. The largest absolute Gasteiger partial charge is 0.369 e. The monoisotopic (exact) mass is 219 g/mol. The Morgan fingerprint density at radius 1 is 1.50 bits per heavy atom. The van der Waals surface area contributed by atoms with Crippen molar-refractivity contribution in [1.82, 2.24) is 9.97 Å². The molecule has 2 rings (SSSR count). The average Bonchev–Trinajstić information content (AvgIpc) is 2.65. The fourth-order valence-electron chi connectivity index (χ4n) is 1.42. The standard InChI is InChI=1S/C11H10FN3O/c12-8-3-1-2-7(4-8)9-6-14-11(15-9)5-10(13)16/h1-4,6H,5H2,(H2,13,16)(H,14,15). The second-order valence-electron chi connectivity index (χ2n) is 3.40. The zero-order valence-corrected chi connectivity index (χ0v) is 8.40. The zero-order chi connectivity index (χ0) is 11.5.